The Morgan fingerprint density at radius 1 is 1.12 bits per heavy atom. The predicted molar refractivity (Wildman–Crippen MR) is 39.8 cm³/mol. The van der Waals surface area contributed by atoms with Crippen LogP contribution in [0, 0.1) is 0 Å². The van der Waals surface area contributed by atoms with Crippen molar-refractivity contribution in [2.75, 3.05) is 0 Å². The SMILES string of the molecule is C[C@@H]1C[C@H](C)[Se]C[Se]1. The molecule has 0 bridgehead atoms. The van der Waals surface area contributed by atoms with Crippen LogP contribution >= 0.6 is 0 Å². The molecule has 0 N–H and O–H groups in total. The van der Waals surface area contributed by atoms with Crippen LogP contribution in [-0.4, -0.2) is 29.9 Å². The van der Waals surface area contributed by atoms with Gasteiger partial charge in [0.15, 0.2) is 0 Å². The van der Waals surface area contributed by atoms with E-state index in [0.717, 1.165) is 39.5 Å². The van der Waals surface area contributed by atoms with Crippen molar-refractivity contribution in [2.45, 2.75) is 34.1 Å². The molecule has 0 nitrogen and oxygen atoms in total. The molecule has 0 spiro atoms. The van der Waals surface area contributed by atoms with Gasteiger partial charge in [-0.1, -0.05) is 0 Å². The summed E-state index contributed by atoms with van der Waals surface area (Å²) in [7, 11) is 0. The van der Waals surface area contributed by atoms with Crippen molar-refractivity contribution in [3.63, 3.8) is 0 Å². The molecular weight excluding hydrogens is 230 g/mol. The van der Waals surface area contributed by atoms with Crippen molar-refractivity contribution in [2.24, 2.45) is 0 Å². The third kappa shape index (κ3) is 2.11. The molecule has 0 aromatic carbocycles. The van der Waals surface area contributed by atoms with Gasteiger partial charge in [0.2, 0.25) is 0 Å². The van der Waals surface area contributed by atoms with Crippen LogP contribution in [0.4, 0.5) is 0 Å². The predicted octanol–water partition coefficient (Wildman–Crippen LogP) is 1.79. The zero-order chi connectivity index (χ0) is 5.98. The molecule has 8 heavy (non-hydrogen) atoms. The van der Waals surface area contributed by atoms with Crippen LogP contribution in [0.2, 0.25) is 13.9 Å². The summed E-state index contributed by atoms with van der Waals surface area (Å²) >= 11 is 2.04. The Hall–Kier alpha value is 1.04. The van der Waals surface area contributed by atoms with Crippen molar-refractivity contribution >= 4 is 29.9 Å². The molecule has 0 unspecified atom stereocenters. The molecule has 0 radical (unpaired) electrons. The van der Waals surface area contributed by atoms with E-state index in [4.69, 9.17) is 0 Å². The van der Waals surface area contributed by atoms with Crippen LogP contribution in [0.25, 0.3) is 0 Å². The van der Waals surface area contributed by atoms with Crippen LogP contribution in [0.1, 0.15) is 20.3 Å². The maximum atomic E-state index is 2.41. The summed E-state index contributed by atoms with van der Waals surface area (Å²) in [5.41, 5.74) is 0. The summed E-state index contributed by atoms with van der Waals surface area (Å²) in [5.74, 6) is 0. The summed E-state index contributed by atoms with van der Waals surface area (Å²) < 4.78 is 1.60. The fourth-order valence-corrected chi connectivity index (χ4v) is 10.3. The summed E-state index contributed by atoms with van der Waals surface area (Å²) in [6, 6.07) is 0. The fourth-order valence-electron chi connectivity index (χ4n) is 0.875. The number of rotatable bonds is 0. The van der Waals surface area contributed by atoms with E-state index in [1.807, 2.05) is 0 Å². The van der Waals surface area contributed by atoms with Crippen molar-refractivity contribution in [3.05, 3.63) is 0 Å². The third-order valence-electron chi connectivity index (χ3n) is 1.37. The third-order valence-corrected chi connectivity index (χ3v) is 8.10. The molecule has 0 amide bonds. The quantitative estimate of drug-likeness (QED) is 0.568. The number of hydrogen-bond acceptors (Lipinski definition) is 0. The van der Waals surface area contributed by atoms with E-state index >= 15 is 0 Å². The van der Waals surface area contributed by atoms with E-state index in [1.54, 1.807) is 4.22 Å². The Balaban J connectivity index is 2.23. The van der Waals surface area contributed by atoms with Gasteiger partial charge < -0.3 is 0 Å². The fraction of sp³-hybridized carbons (Fsp3) is 1.00. The molecule has 0 aromatic heterocycles. The second-order valence-electron chi connectivity index (χ2n) is 2.31. The zero-order valence-electron chi connectivity index (χ0n) is 5.39. The minimum atomic E-state index is 1.02. The van der Waals surface area contributed by atoms with E-state index in [1.165, 1.54) is 6.42 Å². The standard InChI is InChI=1S/C6H12Se2/c1-5-3-6(2)8-4-7-5/h5-6H,3-4H2,1-2H3/t5-,6+. The first-order valence-electron chi connectivity index (χ1n) is 3.02. The minimum absolute atomic E-state index is 1.02. The molecule has 1 heterocycles. The summed E-state index contributed by atoms with van der Waals surface area (Å²) in [6.07, 6.45) is 1.53. The average molecular weight is 242 g/mol. The van der Waals surface area contributed by atoms with E-state index < -0.39 is 0 Å². The van der Waals surface area contributed by atoms with Gasteiger partial charge in [0, 0.05) is 0 Å². The van der Waals surface area contributed by atoms with Gasteiger partial charge in [-0.3, -0.25) is 0 Å². The van der Waals surface area contributed by atoms with Crippen LogP contribution in [0.15, 0.2) is 0 Å². The molecule has 1 aliphatic heterocycles. The second kappa shape index (κ2) is 3.27. The Morgan fingerprint density at radius 3 is 1.88 bits per heavy atom. The second-order valence-corrected chi connectivity index (χ2v) is 10.1. The monoisotopic (exact) mass is 244 g/mol. The molecule has 48 valence electrons. The first-order chi connectivity index (χ1) is 3.79. The van der Waals surface area contributed by atoms with E-state index in [-0.39, 0.29) is 0 Å². The van der Waals surface area contributed by atoms with Gasteiger partial charge in [0.25, 0.3) is 0 Å². The average Bonchev–Trinajstić information content (AvgIpc) is 1.64. The van der Waals surface area contributed by atoms with Gasteiger partial charge in [-0.15, -0.1) is 0 Å². The summed E-state index contributed by atoms with van der Waals surface area (Å²) in [5, 5.41) is 0. The van der Waals surface area contributed by atoms with E-state index in [2.05, 4.69) is 13.8 Å². The summed E-state index contributed by atoms with van der Waals surface area (Å²) in [6.45, 7) is 4.82. The van der Waals surface area contributed by atoms with Crippen LogP contribution in [-0.2, 0) is 0 Å². The van der Waals surface area contributed by atoms with Crippen LogP contribution in [0.5, 0.6) is 0 Å². The van der Waals surface area contributed by atoms with Crippen molar-refractivity contribution in [1.29, 1.82) is 0 Å². The zero-order valence-corrected chi connectivity index (χ0v) is 8.81. The van der Waals surface area contributed by atoms with Crippen molar-refractivity contribution in [1.82, 2.24) is 0 Å². The Bertz CT molecular complexity index is 64.9. The molecule has 1 saturated heterocycles. The van der Waals surface area contributed by atoms with Crippen molar-refractivity contribution in [3.8, 4) is 0 Å². The molecule has 2 atom stereocenters. The normalized spacial score (nSPS) is 39.8. The molecule has 1 aliphatic rings. The van der Waals surface area contributed by atoms with E-state index in [9.17, 15) is 0 Å². The maximum absolute atomic E-state index is 2.41. The van der Waals surface area contributed by atoms with Crippen LogP contribution in [0.3, 0.4) is 0 Å². The Kier molecular flexibility index (Phi) is 2.92. The van der Waals surface area contributed by atoms with E-state index in [0.29, 0.717) is 0 Å². The van der Waals surface area contributed by atoms with Gasteiger partial charge in [-0.05, 0) is 0 Å². The first-order valence-corrected chi connectivity index (χ1v) is 7.42. The summed E-state index contributed by atoms with van der Waals surface area (Å²) in [4.78, 5) is 2.18. The van der Waals surface area contributed by atoms with Gasteiger partial charge in [0.05, 0.1) is 0 Å². The molecule has 1 rings (SSSR count). The molecule has 0 saturated carbocycles. The van der Waals surface area contributed by atoms with Gasteiger partial charge >= 0.3 is 64.0 Å². The number of hydrogen-bond donors (Lipinski definition) is 0. The van der Waals surface area contributed by atoms with Crippen molar-refractivity contribution < 1.29 is 0 Å². The van der Waals surface area contributed by atoms with Gasteiger partial charge in [-0.2, -0.15) is 0 Å². The molecule has 1 fully saturated rings. The Morgan fingerprint density at radius 2 is 1.62 bits per heavy atom. The molecular formula is C6H12Se2. The molecule has 0 aliphatic carbocycles. The first kappa shape index (κ1) is 7.15. The molecule has 0 aromatic rings. The van der Waals surface area contributed by atoms with Gasteiger partial charge in [-0.25, -0.2) is 0 Å². The molecule has 2 heteroatoms. The Labute approximate surface area is 64.1 Å². The topological polar surface area (TPSA) is 0 Å². The van der Waals surface area contributed by atoms with Gasteiger partial charge in [0.1, 0.15) is 0 Å². The van der Waals surface area contributed by atoms with Crippen LogP contribution < -0.4 is 0 Å².